The molecule has 0 radical (unpaired) electrons. The molecular formula is C18H19Cl2N3O2. The first-order chi connectivity index (χ1) is 11.9. The van der Waals surface area contributed by atoms with E-state index in [1.807, 2.05) is 43.1 Å². The van der Waals surface area contributed by atoms with Crippen molar-refractivity contribution in [2.24, 2.45) is 4.99 Å². The van der Waals surface area contributed by atoms with Gasteiger partial charge in [0.2, 0.25) is 0 Å². The fourth-order valence-corrected chi connectivity index (χ4v) is 2.50. The number of halogens is 2. The number of nitrogens with zero attached hydrogens (tertiary/aromatic N) is 2. The Balaban J connectivity index is 1.92. The Morgan fingerprint density at radius 3 is 2.48 bits per heavy atom. The highest BCUT2D eigenvalue weighted by molar-refractivity contribution is 6.35. The van der Waals surface area contributed by atoms with Crippen molar-refractivity contribution in [3.63, 3.8) is 0 Å². The number of benzene rings is 2. The van der Waals surface area contributed by atoms with Crippen LogP contribution in [-0.4, -0.2) is 32.4 Å². The molecule has 0 bridgehead atoms. The highest BCUT2D eigenvalue weighted by Gasteiger charge is 2.08. The lowest BCUT2D eigenvalue weighted by molar-refractivity contribution is -0.118. The van der Waals surface area contributed by atoms with E-state index in [2.05, 4.69) is 10.3 Å². The highest BCUT2D eigenvalue weighted by atomic mass is 35.5. The normalized spacial score (nSPS) is 11.2. The number of carbonyl (C=O) groups is 1. The topological polar surface area (TPSA) is 53.9 Å². The van der Waals surface area contributed by atoms with Crippen LogP contribution in [0, 0.1) is 0 Å². The van der Waals surface area contributed by atoms with E-state index >= 15 is 0 Å². The maximum absolute atomic E-state index is 12.0. The number of hydrogen-bond acceptors (Lipinski definition) is 3. The maximum Gasteiger partial charge on any atom is 0.262 e. The largest absolute Gasteiger partial charge is 0.482 e. The molecule has 0 atom stereocenters. The van der Waals surface area contributed by atoms with Crippen molar-refractivity contribution in [1.82, 2.24) is 0 Å². The van der Waals surface area contributed by atoms with Crippen LogP contribution in [0.4, 0.5) is 11.4 Å². The lowest BCUT2D eigenvalue weighted by atomic mass is 10.2. The molecule has 2 aromatic rings. The van der Waals surface area contributed by atoms with E-state index in [1.165, 1.54) is 0 Å². The second-order valence-corrected chi connectivity index (χ2v) is 6.13. The van der Waals surface area contributed by atoms with Gasteiger partial charge in [-0.15, -0.1) is 0 Å². The van der Waals surface area contributed by atoms with Crippen LogP contribution >= 0.6 is 23.2 Å². The van der Waals surface area contributed by atoms with Crippen molar-refractivity contribution in [3.05, 3.63) is 52.5 Å². The first-order valence-electron chi connectivity index (χ1n) is 7.55. The summed E-state index contributed by atoms with van der Waals surface area (Å²) >= 11 is 11.8. The number of nitrogens with one attached hydrogen (secondary N) is 1. The van der Waals surface area contributed by atoms with Gasteiger partial charge in [0.1, 0.15) is 5.75 Å². The van der Waals surface area contributed by atoms with Crippen LogP contribution in [0.5, 0.6) is 5.75 Å². The number of ether oxygens (including phenoxy) is 1. The zero-order chi connectivity index (χ0) is 18.4. The first kappa shape index (κ1) is 19.1. The molecule has 1 N–H and O–H groups in total. The predicted octanol–water partition coefficient (Wildman–Crippen LogP) is 4.50. The van der Waals surface area contributed by atoms with Gasteiger partial charge in [0.15, 0.2) is 6.61 Å². The van der Waals surface area contributed by atoms with E-state index in [4.69, 9.17) is 27.9 Å². The molecule has 2 aromatic carbocycles. The fraction of sp³-hybridized carbons (Fsp3) is 0.222. The third kappa shape index (κ3) is 5.37. The summed E-state index contributed by atoms with van der Waals surface area (Å²) in [6, 6.07) is 12.3. The lowest BCUT2D eigenvalue weighted by Gasteiger charge is -2.18. The third-order valence-electron chi connectivity index (χ3n) is 3.60. The lowest BCUT2D eigenvalue weighted by Crippen LogP contribution is -2.23. The molecule has 0 aromatic heterocycles. The summed E-state index contributed by atoms with van der Waals surface area (Å²) in [5.74, 6) is 1.02. The molecule has 0 heterocycles. The number of anilines is 2. The summed E-state index contributed by atoms with van der Waals surface area (Å²) in [6.45, 7) is 1.78. The second kappa shape index (κ2) is 8.74. The number of amidine groups is 1. The van der Waals surface area contributed by atoms with Crippen LogP contribution in [0.2, 0.25) is 10.0 Å². The Labute approximate surface area is 157 Å². The summed E-state index contributed by atoms with van der Waals surface area (Å²) in [7, 11) is 3.67. The molecule has 0 spiro atoms. The molecule has 0 unspecified atom stereocenters. The zero-order valence-electron chi connectivity index (χ0n) is 14.2. The highest BCUT2D eigenvalue weighted by Crippen LogP contribution is 2.27. The zero-order valence-corrected chi connectivity index (χ0v) is 15.7. The van der Waals surface area contributed by atoms with Crippen molar-refractivity contribution in [1.29, 1.82) is 0 Å². The fourth-order valence-electron chi connectivity index (χ4n) is 2.04. The SMILES string of the molecule is CN=C(C)N(C)c1ccc(NC(=O)COc2ccc(Cl)cc2Cl)cc1. The molecule has 0 aliphatic heterocycles. The van der Waals surface area contributed by atoms with Crippen molar-refractivity contribution in [2.45, 2.75) is 6.92 Å². The third-order valence-corrected chi connectivity index (χ3v) is 4.13. The Hall–Kier alpha value is -2.24. The summed E-state index contributed by atoms with van der Waals surface area (Å²) in [5.41, 5.74) is 1.66. The summed E-state index contributed by atoms with van der Waals surface area (Å²) in [5, 5.41) is 3.64. The molecule has 2 rings (SSSR count). The molecule has 0 aliphatic carbocycles. The number of rotatable bonds is 5. The number of amides is 1. The van der Waals surface area contributed by atoms with Gasteiger partial charge in [0.25, 0.3) is 5.91 Å². The molecular weight excluding hydrogens is 361 g/mol. The molecule has 1 amide bonds. The van der Waals surface area contributed by atoms with Gasteiger partial charge in [0.05, 0.1) is 10.9 Å². The van der Waals surface area contributed by atoms with Gasteiger partial charge in [-0.2, -0.15) is 0 Å². The van der Waals surface area contributed by atoms with E-state index in [-0.39, 0.29) is 12.5 Å². The summed E-state index contributed by atoms with van der Waals surface area (Å²) in [4.78, 5) is 18.1. The van der Waals surface area contributed by atoms with E-state index in [9.17, 15) is 4.79 Å². The molecule has 5 nitrogen and oxygen atoms in total. The average molecular weight is 380 g/mol. The summed E-state index contributed by atoms with van der Waals surface area (Å²) < 4.78 is 5.41. The van der Waals surface area contributed by atoms with Crippen molar-refractivity contribution in [2.75, 3.05) is 30.9 Å². The number of hydrogen-bond donors (Lipinski definition) is 1. The predicted molar refractivity (Wildman–Crippen MR) is 104 cm³/mol. The molecule has 25 heavy (non-hydrogen) atoms. The summed E-state index contributed by atoms with van der Waals surface area (Å²) in [6.07, 6.45) is 0. The van der Waals surface area contributed by atoms with Gasteiger partial charge in [-0.05, 0) is 49.4 Å². The van der Waals surface area contributed by atoms with Crippen LogP contribution in [-0.2, 0) is 4.79 Å². The monoisotopic (exact) mass is 379 g/mol. The van der Waals surface area contributed by atoms with Gasteiger partial charge in [-0.25, -0.2) is 0 Å². The Morgan fingerprint density at radius 1 is 1.20 bits per heavy atom. The van der Waals surface area contributed by atoms with Gasteiger partial charge >= 0.3 is 0 Å². The van der Waals surface area contributed by atoms with Crippen LogP contribution in [0.15, 0.2) is 47.5 Å². The first-order valence-corrected chi connectivity index (χ1v) is 8.31. The van der Waals surface area contributed by atoms with Crippen LogP contribution in [0.3, 0.4) is 0 Å². The van der Waals surface area contributed by atoms with E-state index in [0.717, 1.165) is 11.5 Å². The van der Waals surface area contributed by atoms with E-state index in [0.29, 0.717) is 21.5 Å². The van der Waals surface area contributed by atoms with Crippen molar-refractivity contribution < 1.29 is 9.53 Å². The van der Waals surface area contributed by atoms with Crippen LogP contribution < -0.4 is 15.0 Å². The minimum absolute atomic E-state index is 0.148. The number of carbonyl (C=O) groups excluding carboxylic acids is 1. The Morgan fingerprint density at radius 2 is 1.88 bits per heavy atom. The second-order valence-electron chi connectivity index (χ2n) is 5.29. The molecule has 0 aliphatic rings. The molecule has 132 valence electrons. The van der Waals surface area contributed by atoms with Crippen molar-refractivity contribution >= 4 is 46.3 Å². The molecule has 0 saturated carbocycles. The standard InChI is InChI=1S/C18H19Cl2N3O2/c1-12(21-2)23(3)15-7-5-14(6-8-15)22-18(24)11-25-17-9-4-13(19)10-16(17)20/h4-10H,11H2,1-3H3,(H,22,24). The number of aliphatic imine (C=N–C) groups is 1. The quantitative estimate of drug-likeness (QED) is 0.614. The maximum atomic E-state index is 12.0. The smallest absolute Gasteiger partial charge is 0.262 e. The Kier molecular flexibility index (Phi) is 6.67. The molecule has 0 fully saturated rings. The van der Waals surface area contributed by atoms with Crippen LogP contribution in [0.25, 0.3) is 0 Å². The van der Waals surface area contributed by atoms with E-state index in [1.54, 1.807) is 25.2 Å². The minimum atomic E-state index is -0.279. The van der Waals surface area contributed by atoms with Gasteiger partial charge in [-0.1, -0.05) is 23.2 Å². The van der Waals surface area contributed by atoms with E-state index < -0.39 is 0 Å². The minimum Gasteiger partial charge on any atom is -0.482 e. The Bertz CT molecular complexity index is 776. The van der Waals surface area contributed by atoms with Crippen molar-refractivity contribution in [3.8, 4) is 5.75 Å². The molecule has 0 saturated heterocycles. The molecule has 7 heteroatoms. The van der Waals surface area contributed by atoms with Gasteiger partial charge in [0, 0.05) is 30.5 Å². The average Bonchev–Trinajstić information content (AvgIpc) is 2.60. The van der Waals surface area contributed by atoms with Crippen LogP contribution in [0.1, 0.15) is 6.92 Å². The van der Waals surface area contributed by atoms with Gasteiger partial charge < -0.3 is 15.0 Å². The van der Waals surface area contributed by atoms with Gasteiger partial charge in [-0.3, -0.25) is 9.79 Å².